The average molecular weight is 296 g/mol. The molecule has 22 heavy (non-hydrogen) atoms. The number of carbonyl (C=O) groups excluding carboxylic acids is 1. The minimum Gasteiger partial charge on any atom is -0.352 e. The van der Waals surface area contributed by atoms with Crippen molar-refractivity contribution in [3.8, 4) is 0 Å². The Morgan fingerprint density at radius 3 is 2.36 bits per heavy atom. The van der Waals surface area contributed by atoms with Gasteiger partial charge in [-0.3, -0.25) is 4.79 Å². The number of amides is 1. The van der Waals surface area contributed by atoms with Gasteiger partial charge in [0.15, 0.2) is 0 Å². The van der Waals surface area contributed by atoms with Crippen LogP contribution in [0.2, 0.25) is 0 Å². The Morgan fingerprint density at radius 1 is 1.00 bits per heavy atom. The van der Waals surface area contributed by atoms with Crippen molar-refractivity contribution < 1.29 is 4.79 Å². The zero-order valence-electron chi connectivity index (χ0n) is 13.4. The van der Waals surface area contributed by atoms with Gasteiger partial charge in [0.05, 0.1) is 0 Å². The van der Waals surface area contributed by atoms with E-state index in [1.807, 2.05) is 25.2 Å². The molecule has 0 aliphatic rings. The maximum Gasteiger partial charge on any atom is 0.221 e. The first-order chi connectivity index (χ1) is 10.6. The van der Waals surface area contributed by atoms with Crippen LogP contribution in [0, 0.1) is 6.92 Å². The smallest absolute Gasteiger partial charge is 0.221 e. The lowest BCUT2D eigenvalue weighted by atomic mass is 10.1. The molecule has 2 aromatic rings. The maximum atomic E-state index is 11.9. The van der Waals surface area contributed by atoms with Crippen LogP contribution in [0.25, 0.3) is 0 Å². The van der Waals surface area contributed by atoms with E-state index in [4.69, 9.17) is 0 Å². The first-order valence-electron chi connectivity index (χ1n) is 7.68. The summed E-state index contributed by atoms with van der Waals surface area (Å²) in [5.74, 6) is 0.0977. The molecule has 0 saturated carbocycles. The van der Waals surface area contributed by atoms with Crippen LogP contribution in [0.1, 0.15) is 23.1 Å². The highest BCUT2D eigenvalue weighted by Gasteiger charge is 2.05. The Morgan fingerprint density at radius 2 is 1.68 bits per heavy atom. The molecule has 0 radical (unpaired) electrons. The summed E-state index contributed by atoms with van der Waals surface area (Å²) in [5.41, 5.74) is 3.64. The second kappa shape index (κ2) is 8.35. The van der Waals surface area contributed by atoms with Crippen LogP contribution in [-0.2, 0) is 17.9 Å². The zero-order chi connectivity index (χ0) is 15.8. The van der Waals surface area contributed by atoms with Crippen molar-refractivity contribution in [3.05, 3.63) is 71.3 Å². The third-order valence-corrected chi connectivity index (χ3v) is 3.63. The van der Waals surface area contributed by atoms with Gasteiger partial charge in [0, 0.05) is 26.1 Å². The van der Waals surface area contributed by atoms with Crippen molar-refractivity contribution in [2.75, 3.05) is 13.6 Å². The molecule has 0 aromatic heterocycles. The molecule has 116 valence electrons. The zero-order valence-corrected chi connectivity index (χ0v) is 13.4. The van der Waals surface area contributed by atoms with Crippen LogP contribution in [0.5, 0.6) is 0 Å². The number of benzene rings is 2. The van der Waals surface area contributed by atoms with Gasteiger partial charge in [0.25, 0.3) is 0 Å². The quantitative estimate of drug-likeness (QED) is 0.851. The minimum absolute atomic E-state index is 0.0977. The van der Waals surface area contributed by atoms with Crippen LogP contribution >= 0.6 is 0 Å². The third kappa shape index (κ3) is 5.70. The number of carbonyl (C=O) groups is 1. The van der Waals surface area contributed by atoms with E-state index >= 15 is 0 Å². The molecule has 2 rings (SSSR count). The fraction of sp³-hybridized carbons (Fsp3) is 0.316. The topological polar surface area (TPSA) is 32.3 Å². The van der Waals surface area contributed by atoms with Gasteiger partial charge in [-0.2, -0.15) is 0 Å². The van der Waals surface area contributed by atoms with Gasteiger partial charge in [-0.1, -0.05) is 60.2 Å². The highest BCUT2D eigenvalue weighted by molar-refractivity contribution is 5.76. The van der Waals surface area contributed by atoms with Crippen LogP contribution in [-0.4, -0.2) is 24.4 Å². The summed E-state index contributed by atoms with van der Waals surface area (Å²) in [4.78, 5) is 14.1. The minimum atomic E-state index is 0.0977. The molecular formula is C19H24N2O. The summed E-state index contributed by atoms with van der Waals surface area (Å²) in [7, 11) is 2.04. The fourth-order valence-corrected chi connectivity index (χ4v) is 2.26. The van der Waals surface area contributed by atoms with Crippen molar-refractivity contribution in [2.24, 2.45) is 0 Å². The summed E-state index contributed by atoms with van der Waals surface area (Å²) in [6, 6.07) is 18.5. The van der Waals surface area contributed by atoms with Gasteiger partial charge >= 0.3 is 0 Å². The lowest BCUT2D eigenvalue weighted by Crippen LogP contribution is -2.28. The Bertz CT molecular complexity index is 578. The Hall–Kier alpha value is -2.13. The number of hydrogen-bond acceptors (Lipinski definition) is 2. The standard InChI is InChI=1S/C19H24N2O/c1-16-8-10-17(11-9-16)14-20-19(22)12-13-21(2)15-18-6-4-3-5-7-18/h3-11H,12-15H2,1-2H3,(H,20,22). The number of hydrogen-bond donors (Lipinski definition) is 1. The van der Waals surface area contributed by atoms with E-state index in [1.54, 1.807) is 0 Å². The van der Waals surface area contributed by atoms with Gasteiger partial charge in [-0.25, -0.2) is 0 Å². The average Bonchev–Trinajstić information content (AvgIpc) is 2.53. The SMILES string of the molecule is Cc1ccc(CNC(=O)CCN(C)Cc2ccccc2)cc1. The molecule has 0 spiro atoms. The second-order valence-corrected chi connectivity index (χ2v) is 5.74. The molecule has 0 bridgehead atoms. The summed E-state index contributed by atoms with van der Waals surface area (Å²) in [6.45, 7) is 4.28. The van der Waals surface area contributed by atoms with Crippen LogP contribution in [0.15, 0.2) is 54.6 Å². The van der Waals surface area contributed by atoms with Crippen molar-refractivity contribution in [3.63, 3.8) is 0 Å². The summed E-state index contributed by atoms with van der Waals surface area (Å²) in [6.07, 6.45) is 0.523. The lowest BCUT2D eigenvalue weighted by molar-refractivity contribution is -0.121. The molecule has 0 saturated heterocycles. The summed E-state index contributed by atoms with van der Waals surface area (Å²) >= 11 is 0. The van der Waals surface area contributed by atoms with E-state index in [0.29, 0.717) is 13.0 Å². The van der Waals surface area contributed by atoms with Gasteiger partial charge in [0.2, 0.25) is 5.91 Å². The van der Waals surface area contributed by atoms with Gasteiger partial charge < -0.3 is 10.2 Å². The first kappa shape index (κ1) is 16.2. The number of aryl methyl sites for hydroxylation is 1. The molecular weight excluding hydrogens is 272 g/mol. The molecule has 0 fully saturated rings. The normalized spacial score (nSPS) is 10.7. The molecule has 0 atom stereocenters. The fourth-order valence-electron chi connectivity index (χ4n) is 2.26. The molecule has 3 heteroatoms. The molecule has 2 aromatic carbocycles. The predicted octanol–water partition coefficient (Wildman–Crippen LogP) is 3.13. The van der Waals surface area contributed by atoms with E-state index in [9.17, 15) is 4.79 Å². The second-order valence-electron chi connectivity index (χ2n) is 5.74. The van der Waals surface area contributed by atoms with Crippen molar-refractivity contribution in [1.82, 2.24) is 10.2 Å². The summed E-state index contributed by atoms with van der Waals surface area (Å²) < 4.78 is 0. The number of rotatable bonds is 7. The monoisotopic (exact) mass is 296 g/mol. The predicted molar refractivity (Wildman–Crippen MR) is 90.4 cm³/mol. The van der Waals surface area contributed by atoms with E-state index in [-0.39, 0.29) is 5.91 Å². The van der Waals surface area contributed by atoms with Crippen LogP contribution < -0.4 is 5.32 Å². The van der Waals surface area contributed by atoms with Crippen LogP contribution in [0.4, 0.5) is 0 Å². The third-order valence-electron chi connectivity index (χ3n) is 3.63. The van der Waals surface area contributed by atoms with E-state index in [2.05, 4.69) is 53.5 Å². The highest BCUT2D eigenvalue weighted by Crippen LogP contribution is 2.04. The van der Waals surface area contributed by atoms with Crippen LogP contribution in [0.3, 0.4) is 0 Å². The Balaban J connectivity index is 1.67. The Labute approximate surface area is 133 Å². The van der Waals surface area contributed by atoms with Crippen molar-refractivity contribution in [1.29, 1.82) is 0 Å². The molecule has 0 heterocycles. The Kier molecular flexibility index (Phi) is 6.16. The van der Waals surface area contributed by atoms with E-state index < -0.39 is 0 Å². The van der Waals surface area contributed by atoms with E-state index in [1.165, 1.54) is 11.1 Å². The maximum absolute atomic E-state index is 11.9. The van der Waals surface area contributed by atoms with E-state index in [0.717, 1.165) is 18.7 Å². The first-order valence-corrected chi connectivity index (χ1v) is 7.68. The molecule has 1 amide bonds. The van der Waals surface area contributed by atoms with Gasteiger partial charge in [0.1, 0.15) is 0 Å². The van der Waals surface area contributed by atoms with Gasteiger partial charge in [-0.15, -0.1) is 0 Å². The molecule has 3 nitrogen and oxygen atoms in total. The largest absolute Gasteiger partial charge is 0.352 e. The number of nitrogens with one attached hydrogen (secondary N) is 1. The summed E-state index contributed by atoms with van der Waals surface area (Å²) in [5, 5.41) is 2.97. The lowest BCUT2D eigenvalue weighted by Gasteiger charge is -2.16. The van der Waals surface area contributed by atoms with Crippen molar-refractivity contribution in [2.45, 2.75) is 26.4 Å². The molecule has 0 aliphatic carbocycles. The number of nitrogens with zero attached hydrogens (tertiary/aromatic N) is 1. The molecule has 0 aliphatic heterocycles. The highest BCUT2D eigenvalue weighted by atomic mass is 16.1. The molecule has 0 unspecified atom stereocenters. The van der Waals surface area contributed by atoms with Crippen molar-refractivity contribution >= 4 is 5.91 Å². The molecule has 1 N–H and O–H groups in total. The van der Waals surface area contributed by atoms with Gasteiger partial charge in [-0.05, 0) is 25.1 Å².